The smallest absolute Gasteiger partial charge is 0.459 e. The van der Waals surface area contributed by atoms with E-state index in [1.165, 1.54) is 6.34 Å². The molecule has 1 fully saturated rings. The number of benzene rings is 1. The largest absolute Gasteiger partial charge is 0.464 e. The van der Waals surface area contributed by atoms with Crippen molar-refractivity contribution in [1.29, 1.82) is 0 Å². The molecule has 1 saturated heterocycles. The zero-order valence-electron chi connectivity index (χ0n) is 19.5. The Bertz CT molecular complexity index is 901. The highest BCUT2D eigenvalue weighted by atomic mass is 32.2. The van der Waals surface area contributed by atoms with Crippen molar-refractivity contribution < 1.29 is 27.9 Å². The molecule has 3 N–H and O–H groups in total. The summed E-state index contributed by atoms with van der Waals surface area (Å²) in [5.74, 6) is -0.113. The molecule has 0 bridgehead atoms. The van der Waals surface area contributed by atoms with E-state index < -0.39 is 13.7 Å². The Labute approximate surface area is 204 Å². The maximum atomic E-state index is 13.4. The van der Waals surface area contributed by atoms with Crippen molar-refractivity contribution in [3.05, 3.63) is 30.3 Å². The number of rotatable bonds is 13. The number of hydrogen-bond acceptors (Lipinski definition) is 7. The summed E-state index contributed by atoms with van der Waals surface area (Å²) < 4.78 is 29.8. The van der Waals surface area contributed by atoms with Gasteiger partial charge in [0.05, 0.1) is 24.9 Å². The van der Waals surface area contributed by atoms with Crippen LogP contribution in [0.5, 0.6) is 5.75 Å². The molecule has 0 spiro atoms. The molecular weight excluding hydrogens is 481 g/mol. The highest BCUT2D eigenvalue weighted by Crippen LogP contribution is 2.46. The first-order valence-electron chi connectivity index (χ1n) is 10.8. The summed E-state index contributed by atoms with van der Waals surface area (Å²) in [6, 6.07) is 8.62. The van der Waals surface area contributed by atoms with Crippen molar-refractivity contribution in [2.45, 2.75) is 37.3 Å². The first kappa shape index (κ1) is 27.8. The molecule has 3 atom stereocenters. The van der Waals surface area contributed by atoms with Crippen LogP contribution in [-0.2, 0) is 23.4 Å². The average molecular weight is 514 g/mol. The summed E-state index contributed by atoms with van der Waals surface area (Å²) in [7, 11) is -2.00. The van der Waals surface area contributed by atoms with Gasteiger partial charge in [-0.1, -0.05) is 32.0 Å². The number of nitrogens with one attached hydrogen (secondary N) is 1. The third kappa shape index (κ3) is 10.3. The second kappa shape index (κ2) is 14.1. The number of esters is 1. The maximum Gasteiger partial charge on any atom is 0.459 e. The van der Waals surface area contributed by atoms with Gasteiger partial charge in [-0.15, -0.1) is 11.8 Å². The number of nitrogens with zero attached hydrogens (tertiary/aromatic N) is 3. The lowest BCUT2D eigenvalue weighted by Gasteiger charge is -2.23. The van der Waals surface area contributed by atoms with Crippen LogP contribution in [0.2, 0.25) is 0 Å². The van der Waals surface area contributed by atoms with Crippen LogP contribution in [0.25, 0.3) is 0 Å². The minimum Gasteiger partial charge on any atom is -0.464 e. The zero-order valence-corrected chi connectivity index (χ0v) is 21.2. The summed E-state index contributed by atoms with van der Waals surface area (Å²) in [5, 5.41) is 2.75. The van der Waals surface area contributed by atoms with Crippen molar-refractivity contribution in [3.63, 3.8) is 0 Å². The highest BCUT2D eigenvalue weighted by molar-refractivity contribution is 8.00. The SMILES string of the molecule is CC(C)COC(=O)CNP(=O)(OCC1CCC(N(C)/C=N\C(N)=N/C=O)S1)Oc1ccccc1. The number of carbonyl (C=O) groups is 2. The molecule has 1 aromatic carbocycles. The van der Waals surface area contributed by atoms with Gasteiger partial charge in [0.1, 0.15) is 12.3 Å². The lowest BCUT2D eigenvalue weighted by Crippen LogP contribution is -2.28. The van der Waals surface area contributed by atoms with E-state index in [2.05, 4.69) is 15.1 Å². The normalized spacial score (nSPS) is 20.3. The van der Waals surface area contributed by atoms with Gasteiger partial charge >= 0.3 is 13.7 Å². The molecule has 1 aliphatic rings. The van der Waals surface area contributed by atoms with Gasteiger partial charge in [0, 0.05) is 12.3 Å². The standard InChI is InChI=1S/C21H32N5O6PS/c1-16(2)12-30-20(28)11-25-33(29,32-17-7-5-4-6-8-17)31-13-18-9-10-19(34-18)26(3)14-23-21(22)24-15-27/h4-8,14-16,18-19H,9-13H2,1-3H3,(H,25,29)(H2,22,24,27)/b23-14-. The van der Waals surface area contributed by atoms with Gasteiger partial charge in [-0.25, -0.2) is 14.6 Å². The van der Waals surface area contributed by atoms with E-state index in [1.54, 1.807) is 36.0 Å². The third-order valence-electron chi connectivity index (χ3n) is 4.49. The maximum absolute atomic E-state index is 13.4. The molecule has 0 aliphatic carbocycles. The highest BCUT2D eigenvalue weighted by Gasteiger charge is 2.33. The minimum atomic E-state index is -3.84. The van der Waals surface area contributed by atoms with Gasteiger partial charge in [-0.05, 0) is 30.9 Å². The van der Waals surface area contributed by atoms with E-state index in [1.807, 2.05) is 31.9 Å². The van der Waals surface area contributed by atoms with Crippen molar-refractivity contribution in [2.75, 3.05) is 26.8 Å². The van der Waals surface area contributed by atoms with Crippen LogP contribution in [0.3, 0.4) is 0 Å². The minimum absolute atomic E-state index is 0.0456. The Morgan fingerprint density at radius 1 is 1.35 bits per heavy atom. The molecule has 0 saturated carbocycles. The number of nitrogens with two attached hydrogens (primary N) is 1. The Balaban J connectivity index is 1.93. The van der Waals surface area contributed by atoms with Crippen LogP contribution in [0.4, 0.5) is 0 Å². The van der Waals surface area contributed by atoms with E-state index in [0.29, 0.717) is 12.2 Å². The first-order chi connectivity index (χ1) is 16.2. The monoisotopic (exact) mass is 513 g/mol. The molecule has 1 amide bonds. The number of para-hydroxylation sites is 1. The first-order valence-corrected chi connectivity index (χ1v) is 13.3. The van der Waals surface area contributed by atoms with E-state index in [0.717, 1.165) is 12.8 Å². The number of amides is 1. The van der Waals surface area contributed by atoms with Crippen molar-refractivity contribution >= 4 is 44.2 Å². The number of thioether (sulfide) groups is 1. The molecule has 34 heavy (non-hydrogen) atoms. The molecule has 11 nitrogen and oxygen atoms in total. The van der Waals surface area contributed by atoms with Crippen molar-refractivity contribution in [2.24, 2.45) is 21.6 Å². The second-order valence-corrected chi connectivity index (χ2v) is 11.1. The number of aliphatic imine (C=N–C) groups is 2. The Morgan fingerprint density at radius 3 is 2.76 bits per heavy atom. The van der Waals surface area contributed by atoms with Crippen LogP contribution in [0, 0.1) is 5.92 Å². The predicted molar refractivity (Wildman–Crippen MR) is 133 cm³/mol. The summed E-state index contributed by atoms with van der Waals surface area (Å²) in [4.78, 5) is 31.5. The summed E-state index contributed by atoms with van der Waals surface area (Å²) in [6.07, 6.45) is 3.49. The lowest BCUT2D eigenvalue weighted by molar-refractivity contribution is -0.143. The van der Waals surface area contributed by atoms with Gasteiger partial charge < -0.3 is 19.9 Å². The number of hydrogen-bond donors (Lipinski definition) is 2. The molecule has 3 unspecified atom stereocenters. The molecule has 188 valence electrons. The van der Waals surface area contributed by atoms with Gasteiger partial charge in [0.25, 0.3) is 0 Å². The van der Waals surface area contributed by atoms with E-state index in [9.17, 15) is 14.2 Å². The van der Waals surface area contributed by atoms with Crippen molar-refractivity contribution in [3.8, 4) is 5.75 Å². The van der Waals surface area contributed by atoms with Crippen LogP contribution in [0.1, 0.15) is 26.7 Å². The Hall–Kier alpha value is -2.40. The summed E-state index contributed by atoms with van der Waals surface area (Å²) >= 11 is 1.63. The van der Waals surface area contributed by atoms with E-state index in [-0.39, 0.29) is 42.3 Å². The fraction of sp³-hybridized carbons (Fsp3) is 0.524. The summed E-state index contributed by atoms with van der Waals surface area (Å²) in [6.45, 7) is 3.97. The van der Waals surface area contributed by atoms with Gasteiger partial charge in [0.15, 0.2) is 0 Å². The van der Waals surface area contributed by atoms with E-state index >= 15 is 0 Å². The fourth-order valence-electron chi connectivity index (χ4n) is 2.80. The molecule has 1 heterocycles. The number of ether oxygens (including phenoxy) is 1. The van der Waals surface area contributed by atoms with Gasteiger partial charge in [-0.3, -0.25) is 14.1 Å². The zero-order chi connectivity index (χ0) is 25.0. The lowest BCUT2D eigenvalue weighted by atomic mass is 10.2. The van der Waals surface area contributed by atoms with Gasteiger partial charge in [-0.2, -0.15) is 4.99 Å². The third-order valence-corrected chi connectivity index (χ3v) is 7.62. The Morgan fingerprint density at radius 2 is 2.09 bits per heavy atom. The molecule has 13 heteroatoms. The second-order valence-electron chi connectivity index (χ2n) is 7.90. The molecule has 0 radical (unpaired) electrons. The molecular formula is C21H32N5O6PS. The van der Waals surface area contributed by atoms with Crippen LogP contribution in [0.15, 0.2) is 40.3 Å². The fourth-order valence-corrected chi connectivity index (χ4v) is 5.59. The van der Waals surface area contributed by atoms with Crippen LogP contribution >= 0.6 is 19.5 Å². The van der Waals surface area contributed by atoms with Crippen LogP contribution < -0.4 is 15.3 Å². The van der Waals surface area contributed by atoms with Crippen molar-refractivity contribution in [1.82, 2.24) is 9.99 Å². The van der Waals surface area contributed by atoms with Gasteiger partial charge in [0.2, 0.25) is 12.4 Å². The summed E-state index contributed by atoms with van der Waals surface area (Å²) in [5.41, 5.74) is 5.48. The number of carbonyl (C=O) groups excluding carboxylic acids is 2. The number of guanidine groups is 1. The predicted octanol–water partition coefficient (Wildman–Crippen LogP) is 2.63. The molecule has 1 aliphatic heterocycles. The molecule has 2 rings (SSSR count). The van der Waals surface area contributed by atoms with E-state index in [4.69, 9.17) is 19.5 Å². The molecule has 0 aromatic heterocycles. The Kier molecular flexibility index (Phi) is 11.5. The van der Waals surface area contributed by atoms with Crippen LogP contribution in [-0.4, -0.2) is 67.0 Å². The average Bonchev–Trinajstić information content (AvgIpc) is 3.29. The topological polar surface area (TPSA) is 145 Å². The molecule has 1 aromatic rings. The quantitative estimate of drug-likeness (QED) is 0.133.